The Morgan fingerprint density at radius 1 is 1.18 bits per heavy atom. The second kappa shape index (κ2) is 6.29. The highest BCUT2D eigenvalue weighted by atomic mass is 35.5. The standard InChI is InChI=1S/C17H17ClN2O.ClH/c1-17(21)11-19-16(12-6-4-3-5-7-12)14-10-13(18)8-9-15(14)20(17)2;/h3-10,21H,11H2,1-2H3;1H. The van der Waals surface area contributed by atoms with Gasteiger partial charge in [-0.2, -0.15) is 0 Å². The van der Waals surface area contributed by atoms with Crippen LogP contribution in [0.3, 0.4) is 0 Å². The number of nitrogens with zero attached hydrogens (tertiary/aromatic N) is 2. The van der Waals surface area contributed by atoms with Crippen LogP contribution in [-0.2, 0) is 0 Å². The number of benzodiazepines with no additional fused rings is 1. The molecule has 0 amide bonds. The summed E-state index contributed by atoms with van der Waals surface area (Å²) in [6, 6.07) is 15.6. The molecule has 0 aromatic heterocycles. The van der Waals surface area contributed by atoms with Crippen LogP contribution in [0.5, 0.6) is 0 Å². The van der Waals surface area contributed by atoms with Crippen molar-refractivity contribution in [1.29, 1.82) is 0 Å². The first-order valence-corrected chi connectivity index (χ1v) is 7.23. The summed E-state index contributed by atoms with van der Waals surface area (Å²) in [7, 11) is 1.87. The highest BCUT2D eigenvalue weighted by Crippen LogP contribution is 2.32. The molecule has 0 saturated heterocycles. The van der Waals surface area contributed by atoms with Crippen LogP contribution in [-0.4, -0.2) is 30.1 Å². The summed E-state index contributed by atoms with van der Waals surface area (Å²) in [5.74, 6) is 0. The van der Waals surface area contributed by atoms with Crippen molar-refractivity contribution in [2.75, 3.05) is 18.5 Å². The number of hydrogen-bond acceptors (Lipinski definition) is 3. The van der Waals surface area contributed by atoms with Crippen molar-refractivity contribution >= 4 is 35.4 Å². The fourth-order valence-corrected chi connectivity index (χ4v) is 2.68. The van der Waals surface area contributed by atoms with Crippen molar-refractivity contribution in [3.8, 4) is 0 Å². The third-order valence-electron chi connectivity index (χ3n) is 3.88. The normalized spacial score (nSPS) is 20.5. The number of hydrogen-bond donors (Lipinski definition) is 1. The van der Waals surface area contributed by atoms with E-state index in [0.29, 0.717) is 11.6 Å². The van der Waals surface area contributed by atoms with Gasteiger partial charge in [-0.1, -0.05) is 41.9 Å². The molecule has 0 fully saturated rings. The van der Waals surface area contributed by atoms with Crippen LogP contribution >= 0.6 is 24.0 Å². The van der Waals surface area contributed by atoms with Gasteiger partial charge in [0.1, 0.15) is 0 Å². The first-order chi connectivity index (χ1) is 9.99. The van der Waals surface area contributed by atoms with E-state index in [1.54, 1.807) is 6.92 Å². The van der Waals surface area contributed by atoms with Gasteiger partial charge in [0.15, 0.2) is 5.72 Å². The zero-order chi connectivity index (χ0) is 15.0. The van der Waals surface area contributed by atoms with Crippen LogP contribution in [0, 0.1) is 0 Å². The number of fused-ring (bicyclic) bond motifs is 1. The topological polar surface area (TPSA) is 35.8 Å². The molecule has 5 heteroatoms. The average molecular weight is 337 g/mol. The first-order valence-electron chi connectivity index (χ1n) is 6.85. The molecule has 2 aromatic carbocycles. The van der Waals surface area contributed by atoms with Gasteiger partial charge in [-0.05, 0) is 25.1 Å². The first kappa shape index (κ1) is 16.8. The third kappa shape index (κ3) is 2.98. The maximum Gasteiger partial charge on any atom is 0.154 e. The highest BCUT2D eigenvalue weighted by molar-refractivity contribution is 6.31. The van der Waals surface area contributed by atoms with Crippen molar-refractivity contribution in [1.82, 2.24) is 0 Å². The summed E-state index contributed by atoms with van der Waals surface area (Å²) in [4.78, 5) is 6.49. The molecule has 1 aliphatic rings. The SMILES string of the molecule is CN1c2ccc(Cl)cc2C(c2ccccc2)=NCC1(C)O.Cl. The molecule has 0 bridgehead atoms. The summed E-state index contributed by atoms with van der Waals surface area (Å²) in [6.45, 7) is 2.07. The van der Waals surface area contributed by atoms with Crippen LogP contribution in [0.2, 0.25) is 5.02 Å². The molecule has 0 saturated carbocycles. The molecule has 0 aliphatic carbocycles. The molecule has 3 rings (SSSR count). The third-order valence-corrected chi connectivity index (χ3v) is 4.12. The van der Waals surface area contributed by atoms with Crippen molar-refractivity contribution in [2.45, 2.75) is 12.6 Å². The minimum atomic E-state index is -1.03. The van der Waals surface area contributed by atoms with E-state index in [1.165, 1.54) is 0 Å². The molecule has 1 unspecified atom stereocenters. The van der Waals surface area contributed by atoms with Crippen molar-refractivity contribution < 1.29 is 5.11 Å². The zero-order valence-corrected chi connectivity index (χ0v) is 14.0. The smallest absolute Gasteiger partial charge is 0.154 e. The van der Waals surface area contributed by atoms with Gasteiger partial charge in [0.25, 0.3) is 0 Å². The maximum atomic E-state index is 10.6. The quantitative estimate of drug-likeness (QED) is 0.860. The number of halogens is 2. The Morgan fingerprint density at radius 3 is 2.55 bits per heavy atom. The molecule has 1 atom stereocenters. The van der Waals surface area contributed by atoms with E-state index in [2.05, 4.69) is 4.99 Å². The van der Waals surface area contributed by atoms with Gasteiger partial charge in [-0.25, -0.2) is 0 Å². The Kier molecular flexibility index (Phi) is 4.81. The Balaban J connectivity index is 0.00000176. The van der Waals surface area contributed by atoms with Gasteiger partial charge in [0, 0.05) is 28.9 Å². The minimum Gasteiger partial charge on any atom is -0.369 e. The molecule has 1 heterocycles. The van der Waals surface area contributed by atoms with Gasteiger partial charge in [-0.15, -0.1) is 12.4 Å². The Hall–Kier alpha value is -1.55. The van der Waals surface area contributed by atoms with Crippen LogP contribution < -0.4 is 4.90 Å². The van der Waals surface area contributed by atoms with E-state index in [0.717, 1.165) is 22.5 Å². The summed E-state index contributed by atoms with van der Waals surface area (Å²) in [5, 5.41) is 11.2. The average Bonchev–Trinajstić information content (AvgIpc) is 2.56. The summed E-state index contributed by atoms with van der Waals surface area (Å²) >= 11 is 6.17. The monoisotopic (exact) mass is 336 g/mol. The van der Waals surface area contributed by atoms with E-state index in [-0.39, 0.29) is 12.4 Å². The summed E-state index contributed by atoms with van der Waals surface area (Å²) in [5.41, 5.74) is 2.71. The molecule has 0 radical (unpaired) electrons. The molecule has 116 valence electrons. The summed E-state index contributed by atoms with van der Waals surface area (Å²) < 4.78 is 0. The molecule has 1 N–H and O–H groups in total. The lowest BCUT2D eigenvalue weighted by Gasteiger charge is -2.33. The van der Waals surface area contributed by atoms with E-state index >= 15 is 0 Å². The number of aliphatic hydroxyl groups is 1. The predicted molar refractivity (Wildman–Crippen MR) is 94.7 cm³/mol. The molecule has 22 heavy (non-hydrogen) atoms. The van der Waals surface area contributed by atoms with Crippen LogP contribution in [0.1, 0.15) is 18.1 Å². The molecule has 0 spiro atoms. The second-order valence-corrected chi connectivity index (χ2v) is 5.90. The second-order valence-electron chi connectivity index (χ2n) is 5.47. The summed E-state index contributed by atoms with van der Waals surface area (Å²) in [6.07, 6.45) is 0. The lowest BCUT2D eigenvalue weighted by molar-refractivity contribution is 0.0715. The van der Waals surface area contributed by atoms with E-state index < -0.39 is 5.72 Å². The molecular weight excluding hydrogens is 319 g/mol. The molecular formula is C17H18Cl2N2O. The van der Waals surface area contributed by atoms with Crippen molar-refractivity contribution in [3.63, 3.8) is 0 Å². The predicted octanol–water partition coefficient (Wildman–Crippen LogP) is 3.76. The van der Waals surface area contributed by atoms with Crippen molar-refractivity contribution in [2.24, 2.45) is 4.99 Å². The lowest BCUT2D eigenvalue weighted by Crippen LogP contribution is -2.46. The van der Waals surface area contributed by atoms with E-state index in [9.17, 15) is 5.11 Å². The van der Waals surface area contributed by atoms with E-state index in [4.69, 9.17) is 11.6 Å². The van der Waals surface area contributed by atoms with Crippen LogP contribution in [0.4, 0.5) is 5.69 Å². The largest absolute Gasteiger partial charge is 0.369 e. The zero-order valence-electron chi connectivity index (χ0n) is 12.5. The number of rotatable bonds is 1. The number of aliphatic imine (C=N–C) groups is 1. The number of benzene rings is 2. The van der Waals surface area contributed by atoms with Crippen LogP contribution in [0.15, 0.2) is 53.5 Å². The Morgan fingerprint density at radius 2 is 1.86 bits per heavy atom. The van der Waals surface area contributed by atoms with Gasteiger partial charge in [0.2, 0.25) is 0 Å². The highest BCUT2D eigenvalue weighted by Gasteiger charge is 2.31. The molecule has 3 nitrogen and oxygen atoms in total. The fourth-order valence-electron chi connectivity index (χ4n) is 2.51. The van der Waals surface area contributed by atoms with E-state index in [1.807, 2.05) is 60.5 Å². The molecule has 2 aromatic rings. The molecule has 1 aliphatic heterocycles. The van der Waals surface area contributed by atoms with Gasteiger partial charge in [-0.3, -0.25) is 4.99 Å². The van der Waals surface area contributed by atoms with Crippen LogP contribution in [0.25, 0.3) is 0 Å². The maximum absolute atomic E-state index is 10.6. The van der Waals surface area contributed by atoms with Crippen molar-refractivity contribution in [3.05, 3.63) is 64.7 Å². The lowest BCUT2D eigenvalue weighted by atomic mass is 10.0. The minimum absolute atomic E-state index is 0. The van der Waals surface area contributed by atoms with Gasteiger partial charge in [0.05, 0.1) is 12.3 Å². The Bertz CT molecular complexity index is 699. The van der Waals surface area contributed by atoms with Gasteiger partial charge >= 0.3 is 0 Å². The number of anilines is 1. The Labute approximate surface area is 141 Å². The van der Waals surface area contributed by atoms with Gasteiger partial charge < -0.3 is 10.0 Å². The number of likely N-dealkylation sites (N-methyl/N-ethyl adjacent to an activating group) is 1. The fraction of sp³-hybridized carbons (Fsp3) is 0.235.